The van der Waals surface area contributed by atoms with Crippen molar-refractivity contribution in [2.45, 2.75) is 6.42 Å². The van der Waals surface area contributed by atoms with E-state index in [4.69, 9.17) is 0 Å². The highest BCUT2D eigenvalue weighted by molar-refractivity contribution is 9.10. The van der Waals surface area contributed by atoms with E-state index in [1.54, 1.807) is 0 Å². The summed E-state index contributed by atoms with van der Waals surface area (Å²) in [5.41, 5.74) is 1.88. The predicted molar refractivity (Wildman–Crippen MR) is 56.4 cm³/mol. The molecule has 0 spiro atoms. The van der Waals surface area contributed by atoms with Crippen LogP contribution in [-0.4, -0.2) is 19.4 Å². The Morgan fingerprint density at radius 1 is 1.38 bits per heavy atom. The largest absolute Gasteiger partial charge is 0.370 e. The number of halogens is 1. The van der Waals surface area contributed by atoms with Crippen molar-refractivity contribution in [1.82, 2.24) is 0 Å². The Balaban J connectivity index is 2.35. The fourth-order valence-corrected chi connectivity index (χ4v) is 1.90. The van der Waals surface area contributed by atoms with Gasteiger partial charge in [-0.25, -0.2) is 0 Å². The molecule has 0 atom stereocenters. The minimum absolute atomic E-state index is 0.741. The maximum absolute atomic E-state index is 10.6. The standard InChI is InChI=1S/C10H10BrNO/c11-9-3-2-8(7-13)6-10(9)12-4-1-5-12/h2-3,6-7H,1,4-5H2. The van der Waals surface area contributed by atoms with Crippen LogP contribution in [0, 0.1) is 0 Å². The lowest BCUT2D eigenvalue weighted by Crippen LogP contribution is -2.37. The predicted octanol–water partition coefficient (Wildman–Crippen LogP) is 2.47. The van der Waals surface area contributed by atoms with Crippen LogP contribution in [0.4, 0.5) is 5.69 Å². The van der Waals surface area contributed by atoms with Gasteiger partial charge in [-0.1, -0.05) is 6.07 Å². The molecular formula is C10H10BrNO. The summed E-state index contributed by atoms with van der Waals surface area (Å²) in [6.07, 6.45) is 2.13. The van der Waals surface area contributed by atoms with Gasteiger partial charge in [-0.2, -0.15) is 0 Å². The molecule has 1 fully saturated rings. The molecule has 1 aliphatic rings. The van der Waals surface area contributed by atoms with Crippen molar-refractivity contribution in [1.29, 1.82) is 0 Å². The third-order valence-electron chi connectivity index (χ3n) is 2.30. The summed E-state index contributed by atoms with van der Waals surface area (Å²) in [6, 6.07) is 5.67. The number of benzene rings is 1. The van der Waals surface area contributed by atoms with Crippen molar-refractivity contribution < 1.29 is 4.79 Å². The lowest BCUT2D eigenvalue weighted by atomic mass is 10.1. The number of hydrogen-bond donors (Lipinski definition) is 0. The summed E-state index contributed by atoms with van der Waals surface area (Å²) in [6.45, 7) is 2.20. The van der Waals surface area contributed by atoms with E-state index in [0.29, 0.717) is 0 Å². The number of carbonyl (C=O) groups excluding carboxylic acids is 1. The van der Waals surface area contributed by atoms with Crippen LogP contribution in [0.5, 0.6) is 0 Å². The van der Waals surface area contributed by atoms with E-state index in [0.717, 1.165) is 35.1 Å². The van der Waals surface area contributed by atoms with E-state index >= 15 is 0 Å². The van der Waals surface area contributed by atoms with Crippen LogP contribution in [0.1, 0.15) is 16.8 Å². The van der Waals surface area contributed by atoms with Crippen LogP contribution in [0.2, 0.25) is 0 Å². The summed E-state index contributed by atoms with van der Waals surface area (Å²) >= 11 is 3.48. The molecule has 2 rings (SSSR count). The third kappa shape index (κ3) is 1.61. The van der Waals surface area contributed by atoms with E-state index < -0.39 is 0 Å². The fourth-order valence-electron chi connectivity index (χ4n) is 1.40. The zero-order valence-corrected chi connectivity index (χ0v) is 8.75. The van der Waals surface area contributed by atoms with Crippen LogP contribution in [-0.2, 0) is 0 Å². The lowest BCUT2D eigenvalue weighted by Gasteiger charge is -2.34. The molecule has 0 aliphatic carbocycles. The summed E-state index contributed by atoms with van der Waals surface area (Å²) in [7, 11) is 0. The Morgan fingerprint density at radius 3 is 2.69 bits per heavy atom. The van der Waals surface area contributed by atoms with Gasteiger partial charge in [-0.3, -0.25) is 4.79 Å². The molecule has 1 aliphatic heterocycles. The first-order valence-corrected chi connectivity index (χ1v) is 5.10. The monoisotopic (exact) mass is 239 g/mol. The van der Waals surface area contributed by atoms with Gasteiger partial charge in [-0.05, 0) is 34.5 Å². The molecule has 1 aromatic carbocycles. The van der Waals surface area contributed by atoms with Crippen molar-refractivity contribution in [3.05, 3.63) is 28.2 Å². The zero-order valence-electron chi connectivity index (χ0n) is 7.16. The highest BCUT2D eigenvalue weighted by atomic mass is 79.9. The van der Waals surface area contributed by atoms with Crippen molar-refractivity contribution >= 4 is 27.9 Å². The lowest BCUT2D eigenvalue weighted by molar-refractivity contribution is 0.112. The second kappa shape index (κ2) is 3.50. The van der Waals surface area contributed by atoms with Gasteiger partial charge in [0.15, 0.2) is 0 Å². The molecule has 1 aromatic rings. The van der Waals surface area contributed by atoms with Crippen LogP contribution < -0.4 is 4.90 Å². The summed E-state index contributed by atoms with van der Waals surface area (Å²) < 4.78 is 1.07. The van der Waals surface area contributed by atoms with Crippen molar-refractivity contribution in [2.24, 2.45) is 0 Å². The van der Waals surface area contributed by atoms with Gasteiger partial charge >= 0.3 is 0 Å². The molecule has 0 unspecified atom stereocenters. The number of rotatable bonds is 2. The SMILES string of the molecule is O=Cc1ccc(Br)c(N2CCC2)c1. The van der Waals surface area contributed by atoms with Gasteiger partial charge in [-0.15, -0.1) is 0 Å². The van der Waals surface area contributed by atoms with Gasteiger partial charge in [0.2, 0.25) is 0 Å². The smallest absolute Gasteiger partial charge is 0.150 e. The van der Waals surface area contributed by atoms with E-state index in [9.17, 15) is 4.79 Å². The normalized spacial score (nSPS) is 15.3. The Labute approximate surface area is 85.7 Å². The van der Waals surface area contributed by atoms with Crippen molar-refractivity contribution in [3.8, 4) is 0 Å². The van der Waals surface area contributed by atoms with Gasteiger partial charge in [0.25, 0.3) is 0 Å². The quantitative estimate of drug-likeness (QED) is 0.740. The molecule has 3 heteroatoms. The molecule has 1 heterocycles. The highest BCUT2D eigenvalue weighted by Gasteiger charge is 2.16. The molecule has 2 nitrogen and oxygen atoms in total. The van der Waals surface area contributed by atoms with E-state index in [-0.39, 0.29) is 0 Å². The second-order valence-corrected chi connectivity index (χ2v) is 4.02. The van der Waals surface area contributed by atoms with Gasteiger partial charge in [0.1, 0.15) is 6.29 Å². The summed E-state index contributed by atoms with van der Waals surface area (Å²) in [4.78, 5) is 12.8. The molecule has 0 amide bonds. The first-order valence-electron chi connectivity index (χ1n) is 4.31. The molecule has 0 saturated carbocycles. The maximum atomic E-state index is 10.6. The second-order valence-electron chi connectivity index (χ2n) is 3.17. The number of hydrogen-bond acceptors (Lipinski definition) is 2. The number of anilines is 1. The molecule has 13 heavy (non-hydrogen) atoms. The first-order chi connectivity index (χ1) is 6.31. The number of carbonyl (C=O) groups is 1. The van der Waals surface area contributed by atoms with Crippen LogP contribution in [0.3, 0.4) is 0 Å². The minimum Gasteiger partial charge on any atom is -0.370 e. The fraction of sp³-hybridized carbons (Fsp3) is 0.300. The van der Waals surface area contributed by atoms with Gasteiger partial charge < -0.3 is 4.90 Å². The summed E-state index contributed by atoms with van der Waals surface area (Å²) in [5, 5.41) is 0. The molecule has 0 bridgehead atoms. The van der Waals surface area contributed by atoms with Gasteiger partial charge in [0.05, 0.1) is 5.69 Å². The topological polar surface area (TPSA) is 20.3 Å². The Bertz CT molecular complexity index is 334. The zero-order chi connectivity index (χ0) is 9.26. The summed E-state index contributed by atoms with van der Waals surface area (Å²) in [5.74, 6) is 0. The average molecular weight is 240 g/mol. The molecule has 0 radical (unpaired) electrons. The minimum atomic E-state index is 0.741. The molecule has 1 saturated heterocycles. The van der Waals surface area contributed by atoms with E-state index in [1.165, 1.54) is 6.42 Å². The highest BCUT2D eigenvalue weighted by Crippen LogP contribution is 2.30. The van der Waals surface area contributed by atoms with Gasteiger partial charge in [0, 0.05) is 23.1 Å². The van der Waals surface area contributed by atoms with Crippen molar-refractivity contribution in [3.63, 3.8) is 0 Å². The number of nitrogens with zero attached hydrogens (tertiary/aromatic N) is 1. The Morgan fingerprint density at radius 2 is 2.15 bits per heavy atom. The molecular weight excluding hydrogens is 230 g/mol. The maximum Gasteiger partial charge on any atom is 0.150 e. The van der Waals surface area contributed by atoms with E-state index in [2.05, 4.69) is 20.8 Å². The van der Waals surface area contributed by atoms with Crippen LogP contribution >= 0.6 is 15.9 Å². The Kier molecular flexibility index (Phi) is 2.36. The van der Waals surface area contributed by atoms with Crippen molar-refractivity contribution in [2.75, 3.05) is 18.0 Å². The van der Waals surface area contributed by atoms with Crippen LogP contribution in [0.15, 0.2) is 22.7 Å². The molecule has 0 aromatic heterocycles. The first kappa shape index (κ1) is 8.75. The Hall–Kier alpha value is -0.830. The third-order valence-corrected chi connectivity index (χ3v) is 2.97. The van der Waals surface area contributed by atoms with E-state index in [1.807, 2.05) is 18.2 Å². The molecule has 68 valence electrons. The molecule has 0 N–H and O–H groups in total. The average Bonchev–Trinajstić information content (AvgIpc) is 2.06. The number of aldehydes is 1. The van der Waals surface area contributed by atoms with Crippen LogP contribution in [0.25, 0.3) is 0 Å².